The van der Waals surface area contributed by atoms with E-state index < -0.39 is 6.10 Å². The number of halogens is 1. The van der Waals surface area contributed by atoms with Crippen molar-refractivity contribution in [2.45, 2.75) is 38.5 Å². The van der Waals surface area contributed by atoms with Gasteiger partial charge in [-0.05, 0) is 59.9 Å². The second kappa shape index (κ2) is 11.8. The number of aliphatic hydroxyl groups excluding tert-OH is 1. The monoisotopic (exact) mass is 451 g/mol. The van der Waals surface area contributed by atoms with Gasteiger partial charge in [-0.1, -0.05) is 48.9 Å². The molecular weight excluding hydrogens is 422 g/mol. The van der Waals surface area contributed by atoms with Gasteiger partial charge >= 0.3 is 0 Å². The lowest BCUT2D eigenvalue weighted by atomic mass is 10.0. The Balaban J connectivity index is 1.53. The third-order valence-corrected chi connectivity index (χ3v) is 5.73. The predicted octanol–water partition coefficient (Wildman–Crippen LogP) is 4.65. The van der Waals surface area contributed by atoms with Crippen LogP contribution in [0.25, 0.3) is 0 Å². The van der Waals surface area contributed by atoms with Crippen LogP contribution in [0.3, 0.4) is 0 Å². The molecule has 168 valence electrons. The highest BCUT2D eigenvalue weighted by molar-refractivity contribution is 6.30. The molecule has 0 fully saturated rings. The Kier molecular flexibility index (Phi) is 8.80. The van der Waals surface area contributed by atoms with Crippen LogP contribution in [0.15, 0.2) is 73.1 Å². The van der Waals surface area contributed by atoms with Crippen LogP contribution in [-0.2, 0) is 13.0 Å². The highest BCUT2D eigenvalue weighted by atomic mass is 35.5. The summed E-state index contributed by atoms with van der Waals surface area (Å²) in [6, 6.07) is 19.1. The molecule has 2 atom stereocenters. The zero-order valence-corrected chi connectivity index (χ0v) is 19.3. The Morgan fingerprint density at radius 1 is 1.12 bits per heavy atom. The first-order valence-corrected chi connectivity index (χ1v) is 11.2. The van der Waals surface area contributed by atoms with E-state index in [2.05, 4.69) is 17.2 Å². The summed E-state index contributed by atoms with van der Waals surface area (Å²) in [4.78, 5) is 18.5. The number of aliphatic hydroxyl groups is 1. The Hall–Kier alpha value is -2.73. The van der Waals surface area contributed by atoms with E-state index in [9.17, 15) is 9.90 Å². The van der Waals surface area contributed by atoms with E-state index in [0.717, 1.165) is 29.5 Å². The molecular formula is C26H30ClN3O2. The highest BCUT2D eigenvalue weighted by Crippen LogP contribution is 2.18. The van der Waals surface area contributed by atoms with Crippen molar-refractivity contribution in [2.75, 3.05) is 13.6 Å². The third-order valence-electron chi connectivity index (χ3n) is 5.50. The second-order valence-corrected chi connectivity index (χ2v) is 8.44. The number of amides is 1. The van der Waals surface area contributed by atoms with Gasteiger partial charge in [0.2, 0.25) is 0 Å². The first-order valence-electron chi connectivity index (χ1n) is 10.9. The topological polar surface area (TPSA) is 65.5 Å². The SMILES string of the molecule is CCC(Cc1ccc(C(=O)N(C)Cc2cccnc2)cc1)NCC(O)c1cccc(Cl)c1. The molecule has 2 aromatic carbocycles. The first-order chi connectivity index (χ1) is 15.5. The fraction of sp³-hybridized carbons (Fsp3) is 0.308. The van der Waals surface area contributed by atoms with Gasteiger partial charge in [0.1, 0.15) is 0 Å². The minimum Gasteiger partial charge on any atom is -0.387 e. The van der Waals surface area contributed by atoms with Crippen LogP contribution in [0.2, 0.25) is 5.02 Å². The van der Waals surface area contributed by atoms with Crippen LogP contribution in [0.1, 0.15) is 46.5 Å². The summed E-state index contributed by atoms with van der Waals surface area (Å²) in [5, 5.41) is 14.5. The molecule has 2 unspecified atom stereocenters. The Morgan fingerprint density at radius 3 is 2.56 bits per heavy atom. The second-order valence-electron chi connectivity index (χ2n) is 8.01. The molecule has 3 aromatic rings. The number of carbonyl (C=O) groups excluding carboxylic acids is 1. The predicted molar refractivity (Wildman–Crippen MR) is 129 cm³/mol. The first kappa shape index (κ1) is 23.9. The lowest BCUT2D eigenvalue weighted by Crippen LogP contribution is -2.34. The van der Waals surface area contributed by atoms with Gasteiger partial charge in [-0.25, -0.2) is 0 Å². The molecule has 0 aliphatic heterocycles. The van der Waals surface area contributed by atoms with Crippen LogP contribution in [0.4, 0.5) is 0 Å². The van der Waals surface area contributed by atoms with Crippen molar-refractivity contribution in [1.82, 2.24) is 15.2 Å². The number of hydrogen-bond donors (Lipinski definition) is 2. The standard InChI is InChI=1S/C26H30ClN3O2/c1-3-24(29-17-25(31)22-7-4-8-23(27)15-22)14-19-9-11-21(12-10-19)26(32)30(2)18-20-6-5-13-28-16-20/h4-13,15-16,24-25,29,31H,3,14,17-18H2,1-2H3. The minimum absolute atomic E-state index is 0.0183. The number of nitrogens with one attached hydrogen (secondary N) is 1. The molecule has 0 aliphatic rings. The van der Waals surface area contributed by atoms with Crippen LogP contribution in [0.5, 0.6) is 0 Å². The number of benzene rings is 2. The zero-order valence-electron chi connectivity index (χ0n) is 18.5. The largest absolute Gasteiger partial charge is 0.387 e. The molecule has 0 radical (unpaired) electrons. The van der Waals surface area contributed by atoms with Crippen LogP contribution < -0.4 is 5.32 Å². The van der Waals surface area contributed by atoms with Gasteiger partial charge < -0.3 is 15.3 Å². The van der Waals surface area contributed by atoms with Crippen molar-refractivity contribution in [3.05, 3.63) is 100 Å². The van der Waals surface area contributed by atoms with Gasteiger partial charge in [0.15, 0.2) is 0 Å². The molecule has 0 aliphatic carbocycles. The van der Waals surface area contributed by atoms with Gasteiger partial charge in [-0.3, -0.25) is 9.78 Å². The van der Waals surface area contributed by atoms with E-state index >= 15 is 0 Å². The van der Waals surface area contributed by atoms with Crippen molar-refractivity contribution in [2.24, 2.45) is 0 Å². The number of hydrogen-bond acceptors (Lipinski definition) is 4. The summed E-state index contributed by atoms with van der Waals surface area (Å²) < 4.78 is 0. The van der Waals surface area contributed by atoms with E-state index in [0.29, 0.717) is 23.7 Å². The van der Waals surface area contributed by atoms with E-state index in [-0.39, 0.29) is 11.9 Å². The third kappa shape index (κ3) is 6.89. The number of nitrogens with zero attached hydrogens (tertiary/aromatic N) is 2. The van der Waals surface area contributed by atoms with Crippen molar-refractivity contribution in [1.29, 1.82) is 0 Å². The van der Waals surface area contributed by atoms with Crippen LogP contribution in [-0.4, -0.2) is 40.5 Å². The zero-order chi connectivity index (χ0) is 22.9. The van der Waals surface area contributed by atoms with Crippen molar-refractivity contribution >= 4 is 17.5 Å². The smallest absolute Gasteiger partial charge is 0.253 e. The molecule has 1 amide bonds. The summed E-state index contributed by atoms with van der Waals surface area (Å²) in [6.07, 6.45) is 4.63. The summed E-state index contributed by atoms with van der Waals surface area (Å²) in [5.41, 5.74) is 3.61. The lowest BCUT2D eigenvalue weighted by molar-refractivity contribution is 0.0785. The minimum atomic E-state index is -0.613. The molecule has 0 saturated carbocycles. The molecule has 3 rings (SSSR count). The number of carbonyl (C=O) groups is 1. The van der Waals surface area contributed by atoms with Gasteiger partial charge in [-0.15, -0.1) is 0 Å². The number of rotatable bonds is 10. The summed E-state index contributed by atoms with van der Waals surface area (Å²) in [7, 11) is 1.80. The molecule has 5 nitrogen and oxygen atoms in total. The van der Waals surface area contributed by atoms with Gasteiger partial charge in [0.25, 0.3) is 5.91 Å². The number of pyridine rings is 1. The summed E-state index contributed by atoms with van der Waals surface area (Å²) in [6.45, 7) is 3.09. The molecule has 2 N–H and O–H groups in total. The van der Waals surface area contributed by atoms with Gasteiger partial charge in [0.05, 0.1) is 6.10 Å². The summed E-state index contributed by atoms with van der Waals surface area (Å²) >= 11 is 6.02. The quantitative estimate of drug-likeness (QED) is 0.471. The van der Waals surface area contributed by atoms with Crippen LogP contribution >= 0.6 is 11.6 Å². The molecule has 0 spiro atoms. The molecule has 0 bridgehead atoms. The Morgan fingerprint density at radius 2 is 1.91 bits per heavy atom. The molecule has 1 heterocycles. The average Bonchev–Trinajstić information content (AvgIpc) is 2.82. The molecule has 0 saturated heterocycles. The van der Waals surface area contributed by atoms with Crippen molar-refractivity contribution in [3.63, 3.8) is 0 Å². The average molecular weight is 452 g/mol. The fourth-order valence-corrected chi connectivity index (χ4v) is 3.80. The maximum atomic E-state index is 12.7. The van der Waals surface area contributed by atoms with E-state index in [1.165, 1.54) is 0 Å². The van der Waals surface area contributed by atoms with Gasteiger partial charge in [0, 0.05) is 49.2 Å². The maximum Gasteiger partial charge on any atom is 0.253 e. The lowest BCUT2D eigenvalue weighted by Gasteiger charge is -2.20. The summed E-state index contributed by atoms with van der Waals surface area (Å²) in [5.74, 6) is -0.0183. The van der Waals surface area contributed by atoms with Gasteiger partial charge in [-0.2, -0.15) is 0 Å². The Labute approximate surface area is 195 Å². The highest BCUT2D eigenvalue weighted by Gasteiger charge is 2.14. The number of aromatic nitrogens is 1. The van der Waals surface area contributed by atoms with Crippen molar-refractivity contribution in [3.8, 4) is 0 Å². The molecule has 1 aromatic heterocycles. The fourth-order valence-electron chi connectivity index (χ4n) is 3.60. The van der Waals surface area contributed by atoms with E-state index in [1.54, 1.807) is 36.5 Å². The van der Waals surface area contributed by atoms with Crippen molar-refractivity contribution < 1.29 is 9.90 Å². The maximum absolute atomic E-state index is 12.7. The normalized spacial score (nSPS) is 12.9. The van der Waals surface area contributed by atoms with Crippen LogP contribution in [0, 0.1) is 0 Å². The molecule has 32 heavy (non-hydrogen) atoms. The Bertz CT molecular complexity index is 995. The van der Waals surface area contributed by atoms with E-state index in [4.69, 9.17) is 11.6 Å². The van der Waals surface area contributed by atoms with E-state index in [1.807, 2.05) is 48.5 Å². The molecule has 6 heteroatoms.